The molecule has 0 aliphatic rings. The van der Waals surface area contributed by atoms with E-state index in [0.29, 0.717) is 31.9 Å². The number of ether oxygens (including phenoxy) is 2. The van der Waals surface area contributed by atoms with Gasteiger partial charge in [-0.25, -0.2) is 4.98 Å². The fourth-order valence-electron chi connectivity index (χ4n) is 2.94. The summed E-state index contributed by atoms with van der Waals surface area (Å²) in [5.41, 5.74) is 8.66. The van der Waals surface area contributed by atoms with Crippen molar-refractivity contribution in [2.45, 2.75) is 32.7 Å². The van der Waals surface area contributed by atoms with Crippen molar-refractivity contribution in [2.75, 3.05) is 13.2 Å². The molecule has 2 N–H and O–H groups in total. The first-order valence-corrected chi connectivity index (χ1v) is 9.72. The van der Waals surface area contributed by atoms with Crippen molar-refractivity contribution < 1.29 is 18.7 Å². The van der Waals surface area contributed by atoms with Crippen LogP contribution in [0.4, 0.5) is 0 Å². The van der Waals surface area contributed by atoms with Crippen molar-refractivity contribution in [1.29, 1.82) is 0 Å². The van der Waals surface area contributed by atoms with Gasteiger partial charge in [0.1, 0.15) is 17.6 Å². The van der Waals surface area contributed by atoms with E-state index in [1.165, 1.54) is 0 Å². The van der Waals surface area contributed by atoms with Crippen LogP contribution in [0.5, 0.6) is 5.75 Å². The number of carbonyl (C=O) groups is 1. The average Bonchev–Trinajstić information content (AvgIpc) is 3.11. The molecule has 6 nitrogen and oxygen atoms in total. The normalized spacial score (nSPS) is 11.8. The van der Waals surface area contributed by atoms with E-state index in [1.807, 2.05) is 61.5 Å². The van der Waals surface area contributed by atoms with E-state index in [2.05, 4.69) is 4.98 Å². The van der Waals surface area contributed by atoms with Crippen LogP contribution >= 0.6 is 0 Å². The summed E-state index contributed by atoms with van der Waals surface area (Å²) in [5, 5.41) is 0. The van der Waals surface area contributed by atoms with Crippen LogP contribution < -0.4 is 10.5 Å². The van der Waals surface area contributed by atoms with Crippen LogP contribution in [0, 0.1) is 6.92 Å². The summed E-state index contributed by atoms with van der Waals surface area (Å²) in [4.78, 5) is 16.2. The Hall–Kier alpha value is -3.12. The maximum Gasteiger partial charge on any atom is 0.323 e. The molecule has 29 heavy (non-hydrogen) atoms. The van der Waals surface area contributed by atoms with Crippen molar-refractivity contribution >= 4 is 5.97 Å². The fourth-order valence-corrected chi connectivity index (χ4v) is 2.94. The number of nitrogens with two attached hydrogens (primary N) is 1. The number of hydrogen-bond acceptors (Lipinski definition) is 6. The summed E-state index contributed by atoms with van der Waals surface area (Å²) >= 11 is 0. The third-order valence-corrected chi connectivity index (χ3v) is 4.49. The van der Waals surface area contributed by atoms with Gasteiger partial charge in [0.15, 0.2) is 0 Å². The van der Waals surface area contributed by atoms with Gasteiger partial charge in [-0.1, -0.05) is 30.3 Å². The highest BCUT2D eigenvalue weighted by atomic mass is 16.5. The van der Waals surface area contributed by atoms with Gasteiger partial charge in [0.2, 0.25) is 5.89 Å². The molecule has 0 bridgehead atoms. The summed E-state index contributed by atoms with van der Waals surface area (Å²) in [6.07, 6.45) is 1.08. The van der Waals surface area contributed by atoms with Crippen molar-refractivity contribution in [3.05, 3.63) is 71.6 Å². The summed E-state index contributed by atoms with van der Waals surface area (Å²) in [6.45, 7) is 4.50. The lowest BCUT2D eigenvalue weighted by molar-refractivity contribution is -0.144. The molecule has 6 heteroatoms. The van der Waals surface area contributed by atoms with Crippen LogP contribution in [0.1, 0.15) is 23.9 Å². The highest BCUT2D eigenvalue weighted by Gasteiger charge is 2.15. The van der Waals surface area contributed by atoms with Crippen LogP contribution in [-0.2, 0) is 22.4 Å². The Bertz CT molecular complexity index is 920. The molecular weight excluding hydrogens is 368 g/mol. The molecule has 1 unspecified atom stereocenters. The van der Waals surface area contributed by atoms with Gasteiger partial charge in [0.25, 0.3) is 0 Å². The number of rotatable bonds is 9. The average molecular weight is 394 g/mol. The quantitative estimate of drug-likeness (QED) is 0.557. The first-order chi connectivity index (χ1) is 14.1. The second-order valence-electron chi connectivity index (χ2n) is 6.69. The summed E-state index contributed by atoms with van der Waals surface area (Å²) in [7, 11) is 0. The van der Waals surface area contributed by atoms with Gasteiger partial charge in [-0.15, -0.1) is 0 Å². The van der Waals surface area contributed by atoms with Gasteiger partial charge in [-0.3, -0.25) is 4.79 Å². The topological polar surface area (TPSA) is 87.6 Å². The first-order valence-electron chi connectivity index (χ1n) is 9.72. The molecule has 0 radical (unpaired) electrons. The third kappa shape index (κ3) is 5.68. The second kappa shape index (κ2) is 9.89. The Kier molecular flexibility index (Phi) is 7.03. The lowest BCUT2D eigenvalue weighted by Crippen LogP contribution is -2.34. The van der Waals surface area contributed by atoms with E-state index in [-0.39, 0.29) is 5.97 Å². The van der Waals surface area contributed by atoms with E-state index in [0.717, 1.165) is 28.3 Å². The molecule has 2 aromatic carbocycles. The standard InChI is InChI=1S/C23H26N2O4/c1-3-27-23(26)20(24)15-17-9-11-19(12-10-17)28-14-13-21-16(2)29-22(25-21)18-7-5-4-6-8-18/h4-12,20H,3,13-15,24H2,1-2H3. The van der Waals surface area contributed by atoms with Crippen molar-refractivity contribution in [3.63, 3.8) is 0 Å². The molecule has 0 saturated heterocycles. The zero-order valence-electron chi connectivity index (χ0n) is 16.8. The van der Waals surface area contributed by atoms with Crippen LogP contribution in [0.3, 0.4) is 0 Å². The zero-order chi connectivity index (χ0) is 20.6. The van der Waals surface area contributed by atoms with E-state index < -0.39 is 6.04 Å². The lowest BCUT2D eigenvalue weighted by atomic mass is 10.1. The van der Waals surface area contributed by atoms with Crippen LogP contribution in [0.2, 0.25) is 0 Å². The number of aryl methyl sites for hydroxylation is 1. The van der Waals surface area contributed by atoms with Crippen LogP contribution in [0.15, 0.2) is 59.0 Å². The van der Waals surface area contributed by atoms with Crippen molar-refractivity contribution in [3.8, 4) is 17.2 Å². The van der Waals surface area contributed by atoms with Gasteiger partial charge >= 0.3 is 5.97 Å². The first kappa shape index (κ1) is 20.6. The molecule has 0 saturated carbocycles. The van der Waals surface area contributed by atoms with Gasteiger partial charge < -0.3 is 19.6 Å². The monoisotopic (exact) mass is 394 g/mol. The molecule has 0 aliphatic heterocycles. The second-order valence-corrected chi connectivity index (χ2v) is 6.69. The maximum atomic E-state index is 11.6. The molecule has 3 rings (SSSR count). The van der Waals surface area contributed by atoms with E-state index in [1.54, 1.807) is 6.92 Å². The molecular formula is C23H26N2O4. The zero-order valence-corrected chi connectivity index (χ0v) is 16.8. The van der Waals surface area contributed by atoms with E-state index in [4.69, 9.17) is 19.6 Å². The summed E-state index contributed by atoms with van der Waals surface area (Å²) in [6, 6.07) is 16.7. The smallest absolute Gasteiger partial charge is 0.323 e. The molecule has 0 fully saturated rings. The Morgan fingerprint density at radius 2 is 1.86 bits per heavy atom. The SMILES string of the molecule is CCOC(=O)C(N)Cc1ccc(OCCc2nc(-c3ccccc3)oc2C)cc1. The number of carbonyl (C=O) groups excluding carboxylic acids is 1. The number of benzene rings is 2. The predicted molar refractivity (Wildman–Crippen MR) is 111 cm³/mol. The number of hydrogen-bond donors (Lipinski definition) is 1. The number of oxazole rings is 1. The van der Waals surface area contributed by atoms with Crippen LogP contribution in [0.25, 0.3) is 11.5 Å². The minimum atomic E-state index is -0.657. The number of nitrogens with zero attached hydrogens (tertiary/aromatic N) is 1. The third-order valence-electron chi connectivity index (χ3n) is 4.49. The molecule has 0 amide bonds. The number of esters is 1. The Labute approximate surface area is 170 Å². The highest BCUT2D eigenvalue weighted by molar-refractivity contribution is 5.75. The molecule has 1 atom stereocenters. The molecule has 1 heterocycles. The molecule has 0 aliphatic carbocycles. The lowest BCUT2D eigenvalue weighted by Gasteiger charge is -2.11. The largest absolute Gasteiger partial charge is 0.493 e. The predicted octanol–water partition coefficient (Wildman–Crippen LogP) is 3.70. The molecule has 1 aromatic heterocycles. The molecule has 3 aromatic rings. The number of aromatic nitrogens is 1. The van der Waals surface area contributed by atoms with Crippen molar-refractivity contribution in [1.82, 2.24) is 4.98 Å². The van der Waals surface area contributed by atoms with Gasteiger partial charge in [0.05, 0.1) is 18.9 Å². The van der Waals surface area contributed by atoms with Gasteiger partial charge in [-0.05, 0) is 50.1 Å². The van der Waals surface area contributed by atoms with Crippen molar-refractivity contribution in [2.24, 2.45) is 5.73 Å². The highest BCUT2D eigenvalue weighted by Crippen LogP contribution is 2.22. The van der Waals surface area contributed by atoms with Gasteiger partial charge in [-0.2, -0.15) is 0 Å². The minimum Gasteiger partial charge on any atom is -0.493 e. The summed E-state index contributed by atoms with van der Waals surface area (Å²) in [5.74, 6) is 1.80. The fraction of sp³-hybridized carbons (Fsp3) is 0.304. The van der Waals surface area contributed by atoms with Crippen LogP contribution in [-0.4, -0.2) is 30.2 Å². The molecule has 152 valence electrons. The molecule has 0 spiro atoms. The van der Waals surface area contributed by atoms with E-state index >= 15 is 0 Å². The minimum absolute atomic E-state index is 0.331. The van der Waals surface area contributed by atoms with E-state index in [9.17, 15) is 4.79 Å². The maximum absolute atomic E-state index is 11.6. The Morgan fingerprint density at radius 3 is 2.55 bits per heavy atom. The summed E-state index contributed by atoms with van der Waals surface area (Å²) < 4.78 is 16.5. The Balaban J connectivity index is 1.51. The van der Waals surface area contributed by atoms with Gasteiger partial charge in [0, 0.05) is 12.0 Å². The Morgan fingerprint density at radius 1 is 1.14 bits per heavy atom.